The minimum absolute atomic E-state index is 0.193. The van der Waals surface area contributed by atoms with Crippen LogP contribution in [-0.4, -0.2) is 50.6 Å². The van der Waals surface area contributed by atoms with Crippen LogP contribution < -0.4 is 0 Å². The van der Waals surface area contributed by atoms with Crippen molar-refractivity contribution in [3.05, 3.63) is 35.9 Å². The van der Waals surface area contributed by atoms with Crippen LogP contribution >= 0.6 is 0 Å². The molecule has 0 aromatic heterocycles. The van der Waals surface area contributed by atoms with Gasteiger partial charge in [-0.25, -0.2) is 0 Å². The molecule has 120 valence electrons. The fourth-order valence-corrected chi connectivity index (χ4v) is 4.26. The Balaban J connectivity index is 1.82. The molecule has 4 atom stereocenters. The number of Topliss-reactive ketones (excluding diaryl/α,β-unsaturated/α-hetero) is 1. The molecule has 2 saturated carbocycles. The summed E-state index contributed by atoms with van der Waals surface area (Å²) < 4.78 is 0. The first-order valence-corrected chi connectivity index (χ1v) is 7.73. The smallest absolute Gasteiger partial charge is 0.189 e. The number of hydrogen-bond acceptors (Lipinski definition) is 5. The molecule has 22 heavy (non-hydrogen) atoms. The summed E-state index contributed by atoms with van der Waals surface area (Å²) in [6.07, 6.45) is -2.84. The predicted octanol–water partition coefficient (Wildman–Crippen LogP) is 0.357. The lowest BCUT2D eigenvalue weighted by Crippen LogP contribution is -2.52. The molecule has 2 fully saturated rings. The van der Waals surface area contributed by atoms with Crippen molar-refractivity contribution in [3.8, 4) is 0 Å². The molecule has 0 heterocycles. The summed E-state index contributed by atoms with van der Waals surface area (Å²) in [5, 5.41) is 40.8. The highest BCUT2D eigenvalue weighted by Crippen LogP contribution is 2.50. The second-order valence-electron chi connectivity index (χ2n) is 6.82. The van der Waals surface area contributed by atoms with E-state index in [1.165, 1.54) is 0 Å². The molecule has 0 saturated heterocycles. The van der Waals surface area contributed by atoms with Gasteiger partial charge in [-0.1, -0.05) is 30.3 Å². The third-order valence-corrected chi connectivity index (χ3v) is 5.21. The van der Waals surface area contributed by atoms with E-state index >= 15 is 0 Å². The van der Waals surface area contributed by atoms with E-state index in [0.717, 1.165) is 5.56 Å². The first kappa shape index (κ1) is 15.6. The van der Waals surface area contributed by atoms with Gasteiger partial charge >= 0.3 is 0 Å². The van der Waals surface area contributed by atoms with Gasteiger partial charge in [0.1, 0.15) is 12.2 Å². The minimum Gasteiger partial charge on any atom is -0.392 e. The zero-order chi connectivity index (χ0) is 15.9. The fourth-order valence-electron chi connectivity index (χ4n) is 4.26. The number of ketones is 1. The van der Waals surface area contributed by atoms with Crippen LogP contribution in [-0.2, 0) is 4.79 Å². The van der Waals surface area contributed by atoms with E-state index in [1.54, 1.807) is 0 Å². The largest absolute Gasteiger partial charge is 0.392 e. The molecule has 1 aromatic carbocycles. The van der Waals surface area contributed by atoms with Crippen molar-refractivity contribution in [2.24, 2.45) is 5.41 Å². The normalized spacial score (nSPS) is 42.5. The molecule has 2 aliphatic carbocycles. The zero-order valence-electron chi connectivity index (χ0n) is 12.3. The molecule has 4 unspecified atom stereocenters. The second kappa shape index (κ2) is 5.74. The number of benzene rings is 1. The van der Waals surface area contributed by atoms with Gasteiger partial charge in [0.25, 0.3) is 0 Å². The van der Waals surface area contributed by atoms with E-state index in [2.05, 4.69) is 0 Å². The molecule has 5 heteroatoms. The standard InChI is InChI=1S/C17H22O5/c18-11-6-17(8-13(20)16(22)14(21)9-17)7-12(19)15(11)10-4-2-1-3-5-10/h1-5,11-15,18-21H,6-9H2. The summed E-state index contributed by atoms with van der Waals surface area (Å²) in [6.45, 7) is 0. The number of aliphatic hydroxyl groups is 4. The summed E-state index contributed by atoms with van der Waals surface area (Å²) in [4.78, 5) is 11.6. The van der Waals surface area contributed by atoms with Crippen LogP contribution in [0.3, 0.4) is 0 Å². The molecule has 4 N–H and O–H groups in total. The highest BCUT2D eigenvalue weighted by Gasteiger charge is 2.51. The van der Waals surface area contributed by atoms with E-state index in [9.17, 15) is 25.2 Å². The van der Waals surface area contributed by atoms with E-state index < -0.39 is 35.6 Å². The number of aliphatic hydroxyl groups excluding tert-OH is 4. The molecular formula is C17H22O5. The van der Waals surface area contributed by atoms with Gasteiger partial charge in [0, 0.05) is 5.92 Å². The Morgan fingerprint density at radius 2 is 1.32 bits per heavy atom. The highest BCUT2D eigenvalue weighted by molar-refractivity contribution is 5.87. The van der Waals surface area contributed by atoms with Crippen LogP contribution in [0, 0.1) is 5.41 Å². The Hall–Kier alpha value is -1.27. The number of rotatable bonds is 1. The summed E-state index contributed by atoms with van der Waals surface area (Å²) in [6, 6.07) is 9.37. The topological polar surface area (TPSA) is 98.0 Å². The van der Waals surface area contributed by atoms with Crippen LogP contribution in [0.15, 0.2) is 30.3 Å². The van der Waals surface area contributed by atoms with E-state index in [0.29, 0.717) is 12.8 Å². The van der Waals surface area contributed by atoms with Gasteiger partial charge in [0.2, 0.25) is 0 Å². The van der Waals surface area contributed by atoms with Crippen molar-refractivity contribution in [3.63, 3.8) is 0 Å². The summed E-state index contributed by atoms with van der Waals surface area (Å²) in [5.74, 6) is -0.932. The third-order valence-electron chi connectivity index (χ3n) is 5.21. The Morgan fingerprint density at radius 3 is 1.82 bits per heavy atom. The molecule has 0 bridgehead atoms. The Morgan fingerprint density at radius 1 is 0.818 bits per heavy atom. The second-order valence-corrected chi connectivity index (χ2v) is 6.82. The van der Waals surface area contributed by atoms with Crippen LogP contribution in [0.5, 0.6) is 0 Å². The molecule has 0 aliphatic heterocycles. The van der Waals surface area contributed by atoms with Gasteiger partial charge in [-0.15, -0.1) is 0 Å². The lowest BCUT2D eigenvalue weighted by atomic mass is 9.59. The van der Waals surface area contributed by atoms with Crippen molar-refractivity contribution >= 4 is 5.78 Å². The van der Waals surface area contributed by atoms with Gasteiger partial charge in [0.15, 0.2) is 5.78 Å². The first-order chi connectivity index (χ1) is 10.4. The van der Waals surface area contributed by atoms with Gasteiger partial charge in [-0.2, -0.15) is 0 Å². The minimum atomic E-state index is -1.21. The zero-order valence-corrected chi connectivity index (χ0v) is 12.3. The van der Waals surface area contributed by atoms with Gasteiger partial charge in [-0.05, 0) is 36.7 Å². The summed E-state index contributed by atoms with van der Waals surface area (Å²) in [5.41, 5.74) is 0.293. The maximum atomic E-state index is 11.6. The number of carbonyl (C=O) groups is 1. The van der Waals surface area contributed by atoms with Crippen molar-refractivity contribution in [1.29, 1.82) is 0 Å². The maximum Gasteiger partial charge on any atom is 0.189 e. The van der Waals surface area contributed by atoms with Crippen LogP contribution in [0.1, 0.15) is 37.2 Å². The summed E-state index contributed by atoms with van der Waals surface area (Å²) >= 11 is 0. The Kier molecular flexibility index (Phi) is 4.07. The fraction of sp³-hybridized carbons (Fsp3) is 0.588. The van der Waals surface area contributed by atoms with Crippen molar-refractivity contribution in [1.82, 2.24) is 0 Å². The van der Waals surface area contributed by atoms with Crippen LogP contribution in [0.25, 0.3) is 0 Å². The van der Waals surface area contributed by atoms with Crippen molar-refractivity contribution < 1.29 is 25.2 Å². The molecule has 1 spiro atoms. The summed E-state index contributed by atoms with van der Waals surface area (Å²) in [7, 11) is 0. The van der Waals surface area contributed by atoms with E-state index in [1.807, 2.05) is 30.3 Å². The van der Waals surface area contributed by atoms with Crippen molar-refractivity contribution in [2.45, 2.75) is 56.0 Å². The Bertz CT molecular complexity index is 515. The molecule has 2 aliphatic rings. The first-order valence-electron chi connectivity index (χ1n) is 7.73. The van der Waals surface area contributed by atoms with E-state index in [-0.39, 0.29) is 18.8 Å². The average Bonchev–Trinajstić information content (AvgIpc) is 2.45. The molecule has 5 nitrogen and oxygen atoms in total. The number of hydrogen-bond donors (Lipinski definition) is 4. The van der Waals surface area contributed by atoms with Gasteiger partial charge in [-0.3, -0.25) is 4.79 Å². The lowest BCUT2D eigenvalue weighted by Gasteiger charge is -2.49. The van der Waals surface area contributed by atoms with Gasteiger partial charge < -0.3 is 20.4 Å². The monoisotopic (exact) mass is 306 g/mol. The molecule has 3 rings (SSSR count). The molecule has 0 radical (unpaired) electrons. The highest BCUT2D eigenvalue weighted by atomic mass is 16.3. The Labute approximate surface area is 129 Å². The van der Waals surface area contributed by atoms with Crippen LogP contribution in [0.4, 0.5) is 0 Å². The predicted molar refractivity (Wildman–Crippen MR) is 79.1 cm³/mol. The molecule has 0 amide bonds. The SMILES string of the molecule is O=C1C(O)CC2(CC1O)CC(O)C(c1ccccc1)C(O)C2. The van der Waals surface area contributed by atoms with Crippen molar-refractivity contribution in [2.75, 3.05) is 0 Å². The maximum absolute atomic E-state index is 11.6. The molecule has 1 aromatic rings. The number of carbonyl (C=O) groups excluding carboxylic acids is 1. The van der Waals surface area contributed by atoms with Gasteiger partial charge in [0.05, 0.1) is 12.2 Å². The third kappa shape index (κ3) is 2.70. The van der Waals surface area contributed by atoms with E-state index in [4.69, 9.17) is 0 Å². The molecular weight excluding hydrogens is 284 g/mol. The lowest BCUT2D eigenvalue weighted by molar-refractivity contribution is -0.153. The van der Waals surface area contributed by atoms with Crippen LogP contribution in [0.2, 0.25) is 0 Å². The average molecular weight is 306 g/mol. The quantitative estimate of drug-likeness (QED) is 0.600.